The van der Waals surface area contributed by atoms with Crippen molar-refractivity contribution in [2.45, 2.75) is 32.0 Å². The number of alkyl halides is 3. The van der Waals surface area contributed by atoms with E-state index in [2.05, 4.69) is 15.0 Å². The Bertz CT molecular complexity index is 733. The molecular weight excluding hydrogens is 352 g/mol. The molecule has 1 N–H and O–H groups in total. The zero-order chi connectivity index (χ0) is 19.2. The van der Waals surface area contributed by atoms with Gasteiger partial charge in [-0.25, -0.2) is 9.37 Å². The highest BCUT2D eigenvalue weighted by Gasteiger charge is 2.29. The van der Waals surface area contributed by atoms with Gasteiger partial charge in [-0.3, -0.25) is 4.79 Å². The van der Waals surface area contributed by atoms with Crippen molar-refractivity contribution >= 4 is 5.91 Å². The SMILES string of the molecule is CC(CC(=O)NCc1cccnc1OCC(F)(F)F)c1ccc(F)cc1. The van der Waals surface area contributed by atoms with Crippen LogP contribution in [0.5, 0.6) is 5.88 Å². The van der Waals surface area contributed by atoms with E-state index in [1.54, 1.807) is 18.2 Å². The molecule has 0 aliphatic rings. The molecule has 1 unspecified atom stereocenters. The lowest BCUT2D eigenvalue weighted by Crippen LogP contribution is -2.25. The van der Waals surface area contributed by atoms with E-state index in [0.29, 0.717) is 5.56 Å². The van der Waals surface area contributed by atoms with Gasteiger partial charge in [-0.1, -0.05) is 25.1 Å². The standard InChI is InChI=1S/C18H18F4N2O2/c1-12(13-4-6-15(19)7-5-13)9-16(25)24-10-14-3-2-8-23-17(14)26-11-18(20,21)22/h2-8,12H,9-11H2,1H3,(H,24,25). The molecule has 26 heavy (non-hydrogen) atoms. The summed E-state index contributed by atoms with van der Waals surface area (Å²) >= 11 is 0. The first-order valence-electron chi connectivity index (χ1n) is 7.90. The normalized spacial score (nSPS) is 12.5. The van der Waals surface area contributed by atoms with Crippen LogP contribution in [-0.2, 0) is 11.3 Å². The zero-order valence-corrected chi connectivity index (χ0v) is 14.0. The number of nitrogens with zero attached hydrogens (tertiary/aromatic N) is 1. The molecule has 0 aliphatic heterocycles. The molecule has 1 heterocycles. The predicted molar refractivity (Wildman–Crippen MR) is 87.1 cm³/mol. The molecular formula is C18H18F4N2O2. The summed E-state index contributed by atoms with van der Waals surface area (Å²) in [7, 11) is 0. The molecule has 1 atom stereocenters. The number of pyridine rings is 1. The molecule has 1 amide bonds. The van der Waals surface area contributed by atoms with Crippen molar-refractivity contribution in [1.82, 2.24) is 10.3 Å². The highest BCUT2D eigenvalue weighted by atomic mass is 19.4. The highest BCUT2D eigenvalue weighted by Crippen LogP contribution is 2.21. The molecule has 8 heteroatoms. The molecule has 0 saturated heterocycles. The van der Waals surface area contributed by atoms with Crippen molar-refractivity contribution in [2.75, 3.05) is 6.61 Å². The van der Waals surface area contributed by atoms with Crippen LogP contribution >= 0.6 is 0 Å². The number of rotatable bonds is 7. The molecule has 2 aromatic rings. The second kappa shape index (κ2) is 8.64. The minimum atomic E-state index is -4.47. The third kappa shape index (κ3) is 6.34. The van der Waals surface area contributed by atoms with Gasteiger partial charge >= 0.3 is 6.18 Å². The van der Waals surface area contributed by atoms with E-state index in [-0.39, 0.29) is 36.5 Å². The fourth-order valence-electron chi connectivity index (χ4n) is 2.29. The van der Waals surface area contributed by atoms with Gasteiger partial charge in [-0.15, -0.1) is 0 Å². The molecule has 140 valence electrons. The van der Waals surface area contributed by atoms with Crippen molar-refractivity contribution in [3.05, 3.63) is 59.5 Å². The number of benzene rings is 1. The first-order chi connectivity index (χ1) is 12.2. The number of amides is 1. The fraction of sp³-hybridized carbons (Fsp3) is 0.333. The van der Waals surface area contributed by atoms with Crippen LogP contribution in [0, 0.1) is 5.82 Å². The van der Waals surface area contributed by atoms with Crippen LogP contribution in [0.4, 0.5) is 17.6 Å². The van der Waals surface area contributed by atoms with E-state index >= 15 is 0 Å². The van der Waals surface area contributed by atoms with Crippen LogP contribution in [-0.4, -0.2) is 23.7 Å². The average molecular weight is 370 g/mol. The molecule has 2 rings (SSSR count). The smallest absolute Gasteiger partial charge is 0.422 e. The van der Waals surface area contributed by atoms with Crippen LogP contribution < -0.4 is 10.1 Å². The Morgan fingerprint density at radius 2 is 1.92 bits per heavy atom. The van der Waals surface area contributed by atoms with Gasteiger partial charge in [0.15, 0.2) is 6.61 Å². The quantitative estimate of drug-likeness (QED) is 0.751. The molecule has 4 nitrogen and oxygen atoms in total. The first-order valence-corrected chi connectivity index (χ1v) is 7.90. The average Bonchev–Trinajstić information content (AvgIpc) is 2.58. The van der Waals surface area contributed by atoms with Gasteiger partial charge in [0.2, 0.25) is 11.8 Å². The monoisotopic (exact) mass is 370 g/mol. The van der Waals surface area contributed by atoms with E-state index in [9.17, 15) is 22.4 Å². The third-order valence-corrected chi connectivity index (χ3v) is 3.63. The first kappa shape index (κ1) is 19.7. The van der Waals surface area contributed by atoms with Crippen molar-refractivity contribution in [2.24, 2.45) is 0 Å². The second-order valence-electron chi connectivity index (χ2n) is 5.80. The van der Waals surface area contributed by atoms with Gasteiger partial charge in [-0.05, 0) is 29.7 Å². The maximum atomic E-state index is 12.9. The maximum Gasteiger partial charge on any atom is 0.422 e. The molecule has 1 aromatic heterocycles. The van der Waals surface area contributed by atoms with E-state index in [4.69, 9.17) is 0 Å². The van der Waals surface area contributed by atoms with E-state index in [1.165, 1.54) is 24.4 Å². The number of carbonyl (C=O) groups excluding carboxylic acids is 1. The number of nitrogens with one attached hydrogen (secondary N) is 1. The lowest BCUT2D eigenvalue weighted by atomic mass is 9.97. The fourth-order valence-corrected chi connectivity index (χ4v) is 2.29. The van der Waals surface area contributed by atoms with Gasteiger partial charge < -0.3 is 10.1 Å². The minimum absolute atomic E-state index is 0.00397. The zero-order valence-electron chi connectivity index (χ0n) is 14.0. The Hall–Kier alpha value is -2.64. The molecule has 0 saturated carbocycles. The van der Waals surface area contributed by atoms with Crippen molar-refractivity contribution < 1.29 is 27.1 Å². The molecule has 0 bridgehead atoms. The van der Waals surface area contributed by atoms with Crippen molar-refractivity contribution in [3.8, 4) is 5.88 Å². The second-order valence-corrected chi connectivity index (χ2v) is 5.80. The van der Waals surface area contributed by atoms with Crippen LogP contribution in [0.1, 0.15) is 30.4 Å². The summed E-state index contributed by atoms with van der Waals surface area (Å²) in [6, 6.07) is 8.94. The lowest BCUT2D eigenvalue weighted by molar-refractivity contribution is -0.154. The number of hydrogen-bond acceptors (Lipinski definition) is 3. The number of ether oxygens (including phenoxy) is 1. The lowest BCUT2D eigenvalue weighted by Gasteiger charge is -2.14. The molecule has 0 aliphatic carbocycles. The summed E-state index contributed by atoms with van der Waals surface area (Å²) in [4.78, 5) is 15.8. The van der Waals surface area contributed by atoms with Gasteiger partial charge in [0.25, 0.3) is 0 Å². The molecule has 1 aromatic carbocycles. The number of halogens is 4. The topological polar surface area (TPSA) is 51.2 Å². The minimum Gasteiger partial charge on any atom is -0.468 e. The molecule has 0 spiro atoms. The maximum absolute atomic E-state index is 12.9. The van der Waals surface area contributed by atoms with Gasteiger partial charge in [0.05, 0.1) is 0 Å². The Labute approximate surface area is 148 Å². The third-order valence-electron chi connectivity index (χ3n) is 3.63. The summed E-state index contributed by atoms with van der Waals surface area (Å²) in [5, 5.41) is 2.63. The van der Waals surface area contributed by atoms with Crippen LogP contribution in [0.25, 0.3) is 0 Å². The van der Waals surface area contributed by atoms with Crippen molar-refractivity contribution in [1.29, 1.82) is 0 Å². The van der Waals surface area contributed by atoms with Crippen molar-refractivity contribution in [3.63, 3.8) is 0 Å². The van der Waals surface area contributed by atoms with Crippen LogP contribution in [0.3, 0.4) is 0 Å². The Morgan fingerprint density at radius 1 is 1.23 bits per heavy atom. The Morgan fingerprint density at radius 3 is 2.58 bits per heavy atom. The van der Waals surface area contributed by atoms with Crippen LogP contribution in [0.15, 0.2) is 42.6 Å². The van der Waals surface area contributed by atoms with Gasteiger partial charge in [0.1, 0.15) is 5.82 Å². The highest BCUT2D eigenvalue weighted by molar-refractivity contribution is 5.76. The molecule has 0 fully saturated rings. The largest absolute Gasteiger partial charge is 0.468 e. The summed E-state index contributed by atoms with van der Waals surface area (Å²) in [5.74, 6) is -0.942. The Kier molecular flexibility index (Phi) is 6.54. The van der Waals surface area contributed by atoms with Crippen LogP contribution in [0.2, 0.25) is 0 Å². The number of hydrogen-bond donors (Lipinski definition) is 1. The summed E-state index contributed by atoms with van der Waals surface area (Å²) in [6.07, 6.45) is -3.00. The van der Waals surface area contributed by atoms with Gasteiger partial charge in [-0.2, -0.15) is 13.2 Å². The Balaban J connectivity index is 1.90. The van der Waals surface area contributed by atoms with Gasteiger partial charge in [0, 0.05) is 24.7 Å². The summed E-state index contributed by atoms with van der Waals surface area (Å²) in [6.45, 7) is 0.372. The number of carbonyl (C=O) groups is 1. The number of aromatic nitrogens is 1. The summed E-state index contributed by atoms with van der Waals surface area (Å²) in [5.41, 5.74) is 1.16. The molecule has 0 radical (unpaired) electrons. The van der Waals surface area contributed by atoms with E-state index in [1.807, 2.05) is 6.92 Å². The predicted octanol–water partition coefficient (Wildman–Crippen LogP) is 3.97. The summed E-state index contributed by atoms with van der Waals surface area (Å²) < 4.78 is 54.4. The van der Waals surface area contributed by atoms with E-state index < -0.39 is 12.8 Å². The van der Waals surface area contributed by atoms with E-state index in [0.717, 1.165) is 5.56 Å².